The molecular formula is C17H22N4OS. The van der Waals surface area contributed by atoms with Crippen molar-refractivity contribution >= 4 is 23.2 Å². The van der Waals surface area contributed by atoms with Gasteiger partial charge in [-0.1, -0.05) is 18.9 Å². The molecule has 0 atom stereocenters. The monoisotopic (exact) mass is 330 g/mol. The lowest BCUT2D eigenvalue weighted by Crippen LogP contribution is -2.39. The second-order valence-electron chi connectivity index (χ2n) is 5.99. The molecule has 0 bridgehead atoms. The summed E-state index contributed by atoms with van der Waals surface area (Å²) in [6.07, 6.45) is 8.63. The molecule has 0 aliphatic heterocycles. The Bertz CT molecular complexity index is 609. The summed E-state index contributed by atoms with van der Waals surface area (Å²) in [7, 11) is 0. The molecule has 6 heteroatoms. The summed E-state index contributed by atoms with van der Waals surface area (Å²) in [4.78, 5) is 21.7. The third kappa shape index (κ3) is 4.07. The summed E-state index contributed by atoms with van der Waals surface area (Å²) in [5.41, 5.74) is 0.153. The fourth-order valence-electron chi connectivity index (χ4n) is 3.18. The van der Waals surface area contributed by atoms with Crippen LogP contribution in [0.25, 0.3) is 0 Å². The SMILES string of the molecule is O=C(CCNc1ncccn1)NCC1(c2cccs2)CCCC1. The second-order valence-corrected chi connectivity index (χ2v) is 6.94. The molecule has 0 unspecified atom stereocenters. The van der Waals surface area contributed by atoms with Gasteiger partial charge in [0.25, 0.3) is 0 Å². The number of rotatable bonds is 7. The van der Waals surface area contributed by atoms with E-state index in [0.717, 1.165) is 6.54 Å². The third-order valence-corrected chi connectivity index (χ3v) is 5.55. The summed E-state index contributed by atoms with van der Waals surface area (Å²) in [6.45, 7) is 1.29. The highest BCUT2D eigenvalue weighted by Crippen LogP contribution is 2.42. The summed E-state index contributed by atoms with van der Waals surface area (Å²) < 4.78 is 0. The van der Waals surface area contributed by atoms with Crippen molar-refractivity contribution in [2.75, 3.05) is 18.4 Å². The van der Waals surface area contributed by atoms with Gasteiger partial charge in [-0.05, 0) is 30.4 Å². The van der Waals surface area contributed by atoms with E-state index in [-0.39, 0.29) is 11.3 Å². The number of carbonyl (C=O) groups excluding carboxylic acids is 1. The van der Waals surface area contributed by atoms with Gasteiger partial charge in [-0.25, -0.2) is 9.97 Å². The molecule has 3 rings (SSSR count). The number of nitrogens with one attached hydrogen (secondary N) is 2. The van der Waals surface area contributed by atoms with Crippen LogP contribution in [0.4, 0.5) is 5.95 Å². The highest BCUT2D eigenvalue weighted by Gasteiger charge is 2.36. The maximum atomic E-state index is 12.1. The second kappa shape index (κ2) is 7.55. The van der Waals surface area contributed by atoms with Crippen LogP contribution in [0, 0.1) is 0 Å². The lowest BCUT2D eigenvalue weighted by atomic mass is 9.84. The average Bonchev–Trinajstić information content (AvgIpc) is 3.26. The lowest BCUT2D eigenvalue weighted by Gasteiger charge is -2.28. The standard InChI is InChI=1S/C17H22N4OS/c22-15(6-11-20-16-18-9-4-10-19-16)21-13-17(7-1-2-8-17)14-5-3-12-23-14/h3-5,9-10,12H,1-2,6-8,11,13H2,(H,21,22)(H,18,19,20). The molecule has 122 valence electrons. The third-order valence-electron chi connectivity index (χ3n) is 4.43. The Hall–Kier alpha value is -1.95. The summed E-state index contributed by atoms with van der Waals surface area (Å²) >= 11 is 1.81. The van der Waals surface area contributed by atoms with Crippen LogP contribution in [0.3, 0.4) is 0 Å². The quantitative estimate of drug-likeness (QED) is 0.819. The van der Waals surface area contributed by atoms with Crippen molar-refractivity contribution in [2.45, 2.75) is 37.5 Å². The first-order valence-corrected chi connectivity index (χ1v) is 8.98. The average molecular weight is 330 g/mol. The molecule has 2 N–H and O–H groups in total. The number of carbonyl (C=O) groups is 1. The summed E-state index contributed by atoms with van der Waals surface area (Å²) in [5, 5.41) is 8.31. The maximum Gasteiger partial charge on any atom is 0.222 e. The Kier molecular flexibility index (Phi) is 5.23. The van der Waals surface area contributed by atoms with E-state index in [4.69, 9.17) is 0 Å². The largest absolute Gasteiger partial charge is 0.355 e. The van der Waals surface area contributed by atoms with Crippen molar-refractivity contribution in [3.05, 3.63) is 40.8 Å². The van der Waals surface area contributed by atoms with Crippen LogP contribution in [-0.4, -0.2) is 29.0 Å². The molecule has 0 spiro atoms. The van der Waals surface area contributed by atoms with E-state index in [1.807, 2.05) is 0 Å². The Labute approximate surface area is 140 Å². The highest BCUT2D eigenvalue weighted by atomic mass is 32.1. The van der Waals surface area contributed by atoms with Gasteiger partial charge in [0.1, 0.15) is 0 Å². The van der Waals surface area contributed by atoms with Gasteiger partial charge in [0.2, 0.25) is 11.9 Å². The van der Waals surface area contributed by atoms with E-state index in [2.05, 4.69) is 38.1 Å². The van der Waals surface area contributed by atoms with Crippen molar-refractivity contribution in [2.24, 2.45) is 0 Å². The molecule has 1 fully saturated rings. The Morgan fingerprint density at radius 2 is 2.00 bits per heavy atom. The minimum atomic E-state index is 0.0799. The van der Waals surface area contributed by atoms with Gasteiger partial charge in [0.05, 0.1) is 0 Å². The van der Waals surface area contributed by atoms with Crippen LogP contribution in [0.5, 0.6) is 0 Å². The van der Waals surface area contributed by atoms with E-state index in [1.165, 1.54) is 30.6 Å². The molecule has 1 aliphatic carbocycles. The Balaban J connectivity index is 1.46. The van der Waals surface area contributed by atoms with Crippen LogP contribution in [0.1, 0.15) is 37.0 Å². The normalized spacial score (nSPS) is 16.2. The van der Waals surface area contributed by atoms with Crippen molar-refractivity contribution in [1.29, 1.82) is 0 Å². The molecular weight excluding hydrogens is 308 g/mol. The molecule has 2 aromatic heterocycles. The van der Waals surface area contributed by atoms with Crippen LogP contribution in [0.15, 0.2) is 36.0 Å². The van der Waals surface area contributed by atoms with Crippen molar-refractivity contribution < 1.29 is 4.79 Å². The van der Waals surface area contributed by atoms with Gasteiger partial charge >= 0.3 is 0 Å². The topological polar surface area (TPSA) is 66.9 Å². The molecule has 2 aromatic rings. The number of aromatic nitrogens is 2. The van der Waals surface area contributed by atoms with E-state index in [9.17, 15) is 4.79 Å². The van der Waals surface area contributed by atoms with Gasteiger partial charge in [-0.3, -0.25) is 4.79 Å². The van der Waals surface area contributed by atoms with Crippen molar-refractivity contribution in [3.8, 4) is 0 Å². The van der Waals surface area contributed by atoms with Crippen molar-refractivity contribution in [1.82, 2.24) is 15.3 Å². The first kappa shape index (κ1) is 15.9. The molecule has 23 heavy (non-hydrogen) atoms. The highest BCUT2D eigenvalue weighted by molar-refractivity contribution is 7.10. The Morgan fingerprint density at radius 1 is 1.22 bits per heavy atom. The molecule has 2 heterocycles. The number of anilines is 1. The summed E-state index contributed by atoms with van der Waals surface area (Å²) in [6, 6.07) is 6.08. The van der Waals surface area contributed by atoms with E-state index >= 15 is 0 Å². The van der Waals surface area contributed by atoms with E-state index in [1.54, 1.807) is 29.8 Å². The predicted octanol–water partition coefficient (Wildman–Crippen LogP) is 2.97. The zero-order chi connectivity index (χ0) is 16.0. The van der Waals surface area contributed by atoms with Gasteiger partial charge in [-0.15, -0.1) is 11.3 Å². The number of thiophene rings is 1. The maximum absolute atomic E-state index is 12.1. The molecule has 1 amide bonds. The number of hydrogen-bond donors (Lipinski definition) is 2. The smallest absolute Gasteiger partial charge is 0.222 e. The molecule has 1 saturated carbocycles. The Morgan fingerprint density at radius 3 is 2.70 bits per heavy atom. The minimum Gasteiger partial charge on any atom is -0.355 e. The lowest BCUT2D eigenvalue weighted by molar-refractivity contribution is -0.121. The van der Waals surface area contributed by atoms with E-state index in [0.29, 0.717) is 18.9 Å². The fraction of sp³-hybridized carbons (Fsp3) is 0.471. The fourth-order valence-corrected chi connectivity index (χ4v) is 4.16. The number of nitrogens with zero attached hydrogens (tertiary/aromatic N) is 2. The van der Waals surface area contributed by atoms with Crippen LogP contribution in [0.2, 0.25) is 0 Å². The molecule has 0 saturated heterocycles. The minimum absolute atomic E-state index is 0.0799. The molecule has 5 nitrogen and oxygen atoms in total. The zero-order valence-corrected chi connectivity index (χ0v) is 13.9. The number of amides is 1. The van der Waals surface area contributed by atoms with Gasteiger partial charge in [0.15, 0.2) is 0 Å². The number of hydrogen-bond acceptors (Lipinski definition) is 5. The summed E-state index contributed by atoms with van der Waals surface area (Å²) in [5.74, 6) is 0.641. The molecule has 1 aliphatic rings. The van der Waals surface area contributed by atoms with Crippen LogP contribution >= 0.6 is 11.3 Å². The molecule has 0 aromatic carbocycles. The van der Waals surface area contributed by atoms with Gasteiger partial charge < -0.3 is 10.6 Å². The molecule has 0 radical (unpaired) electrons. The van der Waals surface area contributed by atoms with Crippen molar-refractivity contribution in [3.63, 3.8) is 0 Å². The van der Waals surface area contributed by atoms with E-state index < -0.39 is 0 Å². The predicted molar refractivity (Wildman–Crippen MR) is 92.6 cm³/mol. The van der Waals surface area contributed by atoms with Gasteiger partial charge in [0, 0.05) is 42.2 Å². The van der Waals surface area contributed by atoms with Crippen LogP contribution < -0.4 is 10.6 Å². The zero-order valence-electron chi connectivity index (χ0n) is 13.1. The van der Waals surface area contributed by atoms with Gasteiger partial charge in [-0.2, -0.15) is 0 Å². The first-order chi connectivity index (χ1) is 11.3. The first-order valence-electron chi connectivity index (χ1n) is 8.10. The van der Waals surface area contributed by atoms with Crippen LogP contribution in [-0.2, 0) is 10.2 Å².